The van der Waals surface area contributed by atoms with Crippen LogP contribution in [0.25, 0.3) is 0 Å². The molecule has 0 saturated heterocycles. The number of rotatable bonds is 5. The molecule has 0 radical (unpaired) electrons. The number of carbonyl (C=O) groups excluding carboxylic acids is 6. The van der Waals surface area contributed by atoms with Gasteiger partial charge in [0, 0.05) is 5.92 Å². The summed E-state index contributed by atoms with van der Waals surface area (Å²) in [7, 11) is 6.18. The fourth-order valence-corrected chi connectivity index (χ4v) is 6.57. The van der Waals surface area contributed by atoms with E-state index < -0.39 is 88.0 Å². The van der Waals surface area contributed by atoms with E-state index in [1.54, 1.807) is 25.9 Å². The molecule has 3 aliphatic rings. The van der Waals surface area contributed by atoms with Gasteiger partial charge in [-0.3, -0.25) is 33.7 Å². The summed E-state index contributed by atoms with van der Waals surface area (Å²) in [6, 6.07) is 1.45. The molecule has 210 valence electrons. The van der Waals surface area contributed by atoms with E-state index in [1.165, 1.54) is 31.1 Å². The molecule has 0 aliphatic heterocycles. The predicted octanol–water partition coefficient (Wildman–Crippen LogP) is -2.10. The van der Waals surface area contributed by atoms with Crippen molar-refractivity contribution in [2.45, 2.75) is 30.6 Å². The zero-order valence-electron chi connectivity index (χ0n) is 22.2. The number of aliphatic hydroxyl groups excluding tert-OH is 1. The number of amides is 2. The van der Waals surface area contributed by atoms with Crippen LogP contribution in [0.5, 0.6) is 5.75 Å². The van der Waals surface area contributed by atoms with Gasteiger partial charge in [-0.05, 0) is 45.7 Å². The Morgan fingerprint density at radius 2 is 1.69 bits per heavy atom. The number of aromatic hydroxyl groups is 1. The van der Waals surface area contributed by atoms with Crippen molar-refractivity contribution in [1.29, 1.82) is 0 Å². The SMILES string of the molecule is C[C@H]1c2ccc(NC(=O)CN(C)C)c(O)c2C(=O)C2C(=O)[C@]3(O)C(=O)C(C(N)=O)C(=O)[C@@H](N(C)C)[C@@H]3[C@@H](O)[C@@H]21. The number of carbonyl (C=O) groups is 6. The van der Waals surface area contributed by atoms with Crippen molar-refractivity contribution >= 4 is 40.6 Å². The van der Waals surface area contributed by atoms with Crippen LogP contribution in [0.2, 0.25) is 0 Å². The van der Waals surface area contributed by atoms with Crippen LogP contribution in [0.15, 0.2) is 12.1 Å². The van der Waals surface area contributed by atoms with Crippen LogP contribution in [0, 0.1) is 23.7 Å². The van der Waals surface area contributed by atoms with Crippen molar-refractivity contribution < 1.29 is 44.1 Å². The normalized spacial score (nSPS) is 34.0. The highest BCUT2D eigenvalue weighted by molar-refractivity contribution is 6.32. The number of nitrogens with zero attached hydrogens (tertiary/aromatic N) is 2. The molecule has 0 spiro atoms. The fourth-order valence-electron chi connectivity index (χ4n) is 6.57. The molecule has 39 heavy (non-hydrogen) atoms. The Balaban J connectivity index is 1.86. The Morgan fingerprint density at radius 3 is 2.23 bits per heavy atom. The van der Waals surface area contributed by atoms with E-state index in [-0.39, 0.29) is 23.4 Å². The molecule has 0 aromatic heterocycles. The lowest BCUT2D eigenvalue weighted by Gasteiger charge is -2.56. The second kappa shape index (κ2) is 9.59. The minimum absolute atomic E-state index is 0.0143. The first-order chi connectivity index (χ1) is 18.1. The first-order valence-electron chi connectivity index (χ1n) is 12.4. The number of fused-ring (bicyclic) bond motifs is 3. The van der Waals surface area contributed by atoms with Gasteiger partial charge in [0.2, 0.25) is 11.8 Å². The zero-order chi connectivity index (χ0) is 29.3. The number of hydrogen-bond acceptors (Lipinski definition) is 11. The highest BCUT2D eigenvalue weighted by atomic mass is 16.3. The molecule has 2 unspecified atom stereocenters. The summed E-state index contributed by atoms with van der Waals surface area (Å²) >= 11 is 0. The van der Waals surface area contributed by atoms with E-state index in [2.05, 4.69) is 5.32 Å². The van der Waals surface area contributed by atoms with Crippen LogP contribution in [-0.4, -0.2) is 113 Å². The molecule has 0 bridgehead atoms. The van der Waals surface area contributed by atoms with E-state index in [4.69, 9.17) is 5.73 Å². The van der Waals surface area contributed by atoms with E-state index in [9.17, 15) is 44.1 Å². The van der Waals surface area contributed by atoms with Crippen LogP contribution in [0.1, 0.15) is 28.8 Å². The molecule has 6 N–H and O–H groups in total. The minimum Gasteiger partial charge on any atom is -0.505 e. The molecule has 2 amide bonds. The number of ketones is 4. The molecular weight excluding hydrogens is 512 g/mol. The lowest BCUT2D eigenvalue weighted by Crippen LogP contribution is -2.77. The maximum Gasteiger partial charge on any atom is 0.238 e. The number of likely N-dealkylation sites (N-methyl/N-ethyl adjacent to an activating group) is 2. The van der Waals surface area contributed by atoms with Crippen molar-refractivity contribution in [3.63, 3.8) is 0 Å². The quantitative estimate of drug-likeness (QED) is 0.200. The van der Waals surface area contributed by atoms with E-state index in [0.717, 1.165) is 0 Å². The molecule has 2 fully saturated rings. The largest absolute Gasteiger partial charge is 0.505 e. The summed E-state index contributed by atoms with van der Waals surface area (Å²) in [5.41, 5.74) is 2.15. The zero-order valence-corrected chi connectivity index (χ0v) is 22.2. The Hall–Kier alpha value is -3.52. The summed E-state index contributed by atoms with van der Waals surface area (Å²) in [5, 5.41) is 36.7. The molecule has 2 saturated carbocycles. The maximum absolute atomic E-state index is 13.9. The number of nitrogens with two attached hydrogens (primary N) is 1. The molecule has 1 aromatic carbocycles. The van der Waals surface area contributed by atoms with Crippen molar-refractivity contribution in [2.24, 2.45) is 29.4 Å². The summed E-state index contributed by atoms with van der Waals surface area (Å²) < 4.78 is 0. The number of anilines is 1. The molecule has 4 rings (SSSR count). The topological polar surface area (TPSA) is 208 Å². The maximum atomic E-state index is 13.9. The molecule has 3 aliphatic carbocycles. The van der Waals surface area contributed by atoms with Gasteiger partial charge in [0.25, 0.3) is 0 Å². The third-order valence-corrected chi connectivity index (χ3v) is 8.22. The van der Waals surface area contributed by atoms with Gasteiger partial charge in [-0.25, -0.2) is 0 Å². The van der Waals surface area contributed by atoms with Gasteiger partial charge in [0.15, 0.2) is 34.7 Å². The second-order valence-electron chi connectivity index (χ2n) is 11.1. The Bertz CT molecular complexity index is 1310. The molecule has 8 atom stereocenters. The van der Waals surface area contributed by atoms with Crippen LogP contribution in [0.4, 0.5) is 5.69 Å². The lowest BCUT2D eigenvalue weighted by atomic mass is 9.49. The third-order valence-electron chi connectivity index (χ3n) is 8.22. The van der Waals surface area contributed by atoms with Crippen LogP contribution in [0.3, 0.4) is 0 Å². The monoisotopic (exact) mass is 544 g/mol. The summed E-state index contributed by atoms with van der Waals surface area (Å²) in [5.74, 6) is -14.6. The van der Waals surface area contributed by atoms with Gasteiger partial charge in [-0.2, -0.15) is 0 Å². The highest BCUT2D eigenvalue weighted by Crippen LogP contribution is 2.55. The molecule has 13 nitrogen and oxygen atoms in total. The van der Waals surface area contributed by atoms with Gasteiger partial charge < -0.3 is 31.3 Å². The molecule has 0 heterocycles. The van der Waals surface area contributed by atoms with Crippen LogP contribution < -0.4 is 11.1 Å². The number of benzene rings is 1. The standard InChI is InChI=1S/C26H32N4O9/c1-9-10-6-7-11(28-12(31)8-29(2)3)19(32)14(10)20(33)15-13(9)21(34)17-18(30(4)5)22(35)16(25(27)38)24(37)26(17,39)23(15)36/h6-7,9,13,15-18,21,32,34,39H,8H2,1-5H3,(H2,27,38)(H,28,31)/t9-,13+,15?,16?,17+,18-,21-,26-/m0/s1. The van der Waals surface area contributed by atoms with Crippen LogP contribution in [-0.2, 0) is 24.0 Å². The van der Waals surface area contributed by atoms with Gasteiger partial charge in [-0.15, -0.1) is 0 Å². The Morgan fingerprint density at radius 1 is 1.08 bits per heavy atom. The van der Waals surface area contributed by atoms with Gasteiger partial charge >= 0.3 is 0 Å². The molecule has 13 heteroatoms. The predicted molar refractivity (Wildman–Crippen MR) is 135 cm³/mol. The number of aliphatic hydroxyl groups is 2. The average molecular weight is 545 g/mol. The first kappa shape index (κ1) is 28.5. The van der Waals surface area contributed by atoms with Gasteiger partial charge in [0.1, 0.15) is 5.75 Å². The third kappa shape index (κ3) is 3.99. The molecule has 1 aromatic rings. The van der Waals surface area contributed by atoms with Gasteiger partial charge in [0.05, 0.1) is 41.8 Å². The van der Waals surface area contributed by atoms with Crippen molar-refractivity contribution in [1.82, 2.24) is 9.80 Å². The van der Waals surface area contributed by atoms with E-state index >= 15 is 0 Å². The number of hydrogen-bond donors (Lipinski definition) is 5. The fraction of sp³-hybridized carbons (Fsp3) is 0.538. The van der Waals surface area contributed by atoms with Crippen LogP contribution >= 0.6 is 0 Å². The van der Waals surface area contributed by atoms with E-state index in [0.29, 0.717) is 0 Å². The number of primary amides is 1. The van der Waals surface area contributed by atoms with Crippen molar-refractivity contribution in [3.05, 3.63) is 23.3 Å². The summed E-state index contributed by atoms with van der Waals surface area (Å²) in [6.07, 6.45) is -1.71. The number of Topliss-reactive ketones (excluding diaryl/α,β-unsaturated/α-hetero) is 4. The van der Waals surface area contributed by atoms with Crippen molar-refractivity contribution in [3.8, 4) is 5.75 Å². The molecular formula is C26H32N4O9. The summed E-state index contributed by atoms with van der Waals surface area (Å²) in [4.78, 5) is 81.5. The number of phenolic OH excluding ortho intramolecular Hbond substituents is 1. The smallest absolute Gasteiger partial charge is 0.238 e. The van der Waals surface area contributed by atoms with Gasteiger partial charge in [-0.1, -0.05) is 13.0 Å². The Kier molecular flexibility index (Phi) is 7.01. The average Bonchev–Trinajstić information content (AvgIpc) is 2.82. The number of nitrogens with one attached hydrogen (secondary N) is 1. The highest BCUT2D eigenvalue weighted by Gasteiger charge is 2.72. The second-order valence-corrected chi connectivity index (χ2v) is 11.1. The first-order valence-corrected chi connectivity index (χ1v) is 12.4. The lowest BCUT2D eigenvalue weighted by molar-refractivity contribution is -0.196. The number of phenols is 1. The Labute approximate surface area is 223 Å². The van der Waals surface area contributed by atoms with Crippen molar-refractivity contribution in [2.75, 3.05) is 40.1 Å². The van der Waals surface area contributed by atoms with E-state index in [1.807, 2.05) is 0 Å². The minimum atomic E-state index is -3.07. The summed E-state index contributed by atoms with van der Waals surface area (Å²) in [6.45, 7) is 1.59.